The predicted octanol–water partition coefficient (Wildman–Crippen LogP) is 2.18. The van der Waals surface area contributed by atoms with E-state index in [-0.39, 0.29) is 27.6 Å². The van der Waals surface area contributed by atoms with Crippen LogP contribution in [-0.4, -0.2) is 35.9 Å². The molecule has 0 unspecified atom stereocenters. The van der Waals surface area contributed by atoms with E-state index in [1.165, 1.54) is 37.4 Å². The lowest BCUT2D eigenvalue weighted by Gasteiger charge is -2.20. The maximum atomic E-state index is 13.2. The first-order valence-corrected chi connectivity index (χ1v) is 13.2. The van der Waals surface area contributed by atoms with Gasteiger partial charge < -0.3 is 10.1 Å². The van der Waals surface area contributed by atoms with Gasteiger partial charge in [0.15, 0.2) is 0 Å². The van der Waals surface area contributed by atoms with Crippen molar-refractivity contribution in [1.29, 1.82) is 0 Å². The van der Waals surface area contributed by atoms with E-state index in [1.807, 2.05) is 6.07 Å². The summed E-state index contributed by atoms with van der Waals surface area (Å²) in [6, 6.07) is 17.7. The van der Waals surface area contributed by atoms with Crippen molar-refractivity contribution in [2.45, 2.75) is 29.2 Å². The average molecular weight is 504 g/mol. The van der Waals surface area contributed by atoms with Gasteiger partial charge in [-0.2, -0.15) is 4.72 Å². The Bertz CT molecular complexity index is 1370. The molecule has 0 bridgehead atoms. The largest absolute Gasteiger partial charge is 0.495 e. The van der Waals surface area contributed by atoms with E-state index < -0.39 is 32.0 Å². The summed E-state index contributed by atoms with van der Waals surface area (Å²) in [6.45, 7) is 1.75. The number of carbonyl (C=O) groups excluding carboxylic acids is 1. The van der Waals surface area contributed by atoms with Gasteiger partial charge in [0.05, 0.1) is 12.0 Å². The molecule has 0 saturated heterocycles. The maximum absolute atomic E-state index is 13.2. The average Bonchev–Trinajstić information content (AvgIpc) is 2.79. The third-order valence-electron chi connectivity index (χ3n) is 4.96. The van der Waals surface area contributed by atoms with Gasteiger partial charge in [-0.25, -0.2) is 22.0 Å². The van der Waals surface area contributed by atoms with E-state index in [0.717, 1.165) is 5.56 Å². The van der Waals surface area contributed by atoms with Crippen LogP contribution in [0.4, 0.5) is 5.69 Å². The van der Waals surface area contributed by atoms with E-state index in [0.29, 0.717) is 5.56 Å². The summed E-state index contributed by atoms with van der Waals surface area (Å²) in [5.41, 5.74) is 1.73. The van der Waals surface area contributed by atoms with E-state index in [2.05, 4.69) is 10.0 Å². The minimum Gasteiger partial charge on any atom is -0.495 e. The van der Waals surface area contributed by atoms with Gasteiger partial charge >= 0.3 is 0 Å². The molecule has 11 heteroatoms. The third-order valence-corrected chi connectivity index (χ3v) is 7.38. The van der Waals surface area contributed by atoms with E-state index in [9.17, 15) is 21.6 Å². The first-order chi connectivity index (χ1) is 16.0. The van der Waals surface area contributed by atoms with Gasteiger partial charge in [0.2, 0.25) is 26.0 Å². The molecule has 3 aromatic rings. The monoisotopic (exact) mass is 503 g/mol. The van der Waals surface area contributed by atoms with Crippen molar-refractivity contribution in [3.63, 3.8) is 0 Å². The normalized spacial score (nSPS) is 12.7. The molecule has 0 aromatic heterocycles. The van der Waals surface area contributed by atoms with Crippen LogP contribution in [0.5, 0.6) is 5.75 Å². The van der Waals surface area contributed by atoms with Crippen LogP contribution in [0.25, 0.3) is 0 Å². The maximum Gasteiger partial charge on any atom is 0.245 e. The minimum atomic E-state index is -4.14. The number of hydrogen-bond acceptors (Lipinski definition) is 6. The molecule has 0 fully saturated rings. The van der Waals surface area contributed by atoms with E-state index in [1.54, 1.807) is 43.3 Å². The Morgan fingerprint density at radius 3 is 2.21 bits per heavy atom. The summed E-state index contributed by atoms with van der Waals surface area (Å²) in [7, 11) is -6.66. The molecule has 3 aromatic carbocycles. The Labute approximate surface area is 199 Å². The van der Waals surface area contributed by atoms with Gasteiger partial charge in [0, 0.05) is 5.69 Å². The number of ether oxygens (including phenoxy) is 1. The van der Waals surface area contributed by atoms with Crippen molar-refractivity contribution in [3.05, 3.63) is 83.9 Å². The second-order valence-corrected chi connectivity index (χ2v) is 10.8. The highest BCUT2D eigenvalue weighted by atomic mass is 32.2. The van der Waals surface area contributed by atoms with Crippen LogP contribution in [0.3, 0.4) is 0 Å². The van der Waals surface area contributed by atoms with Crippen molar-refractivity contribution in [2.75, 3.05) is 12.4 Å². The van der Waals surface area contributed by atoms with Gasteiger partial charge in [-0.3, -0.25) is 4.79 Å². The predicted molar refractivity (Wildman–Crippen MR) is 128 cm³/mol. The summed E-state index contributed by atoms with van der Waals surface area (Å²) in [5.74, 6) is -0.474. The number of hydrogen-bond donors (Lipinski definition) is 3. The zero-order valence-corrected chi connectivity index (χ0v) is 20.2. The molecule has 0 aliphatic rings. The first kappa shape index (κ1) is 25.4. The van der Waals surface area contributed by atoms with Crippen LogP contribution < -0.4 is 19.9 Å². The summed E-state index contributed by atoms with van der Waals surface area (Å²) in [6.07, 6.45) is 0.0787. The standard InChI is InChI=1S/C23H25N3O6S2/c1-16-8-13-21(32-2)22(14-16)34(30,31)26-20(15-17-6-4-3-5-7-17)23(27)25-18-9-11-19(12-10-18)33(24,28)29/h3-14,20,26H,15H2,1-2H3,(H,25,27)(H2,24,28,29)/t20-/m0/s1. The Kier molecular flexibility index (Phi) is 7.72. The molecule has 9 nitrogen and oxygen atoms in total. The number of methoxy groups -OCH3 is 1. The molecule has 180 valence electrons. The van der Waals surface area contributed by atoms with Crippen LogP contribution in [0.1, 0.15) is 11.1 Å². The van der Waals surface area contributed by atoms with Crippen molar-refractivity contribution < 1.29 is 26.4 Å². The summed E-state index contributed by atoms with van der Waals surface area (Å²) >= 11 is 0. The number of benzene rings is 3. The molecule has 3 rings (SSSR count). The van der Waals surface area contributed by atoms with E-state index >= 15 is 0 Å². The van der Waals surface area contributed by atoms with Gasteiger partial charge in [-0.15, -0.1) is 0 Å². The summed E-state index contributed by atoms with van der Waals surface area (Å²) in [5, 5.41) is 7.72. The number of nitrogens with one attached hydrogen (secondary N) is 2. The molecule has 0 aliphatic carbocycles. The van der Waals surface area contributed by atoms with Gasteiger partial charge in [0.25, 0.3) is 0 Å². The Hall–Kier alpha value is -3.25. The minimum absolute atomic E-state index is 0.0787. The Balaban J connectivity index is 1.91. The fourth-order valence-electron chi connectivity index (χ4n) is 3.24. The van der Waals surface area contributed by atoms with Crippen LogP contribution in [-0.2, 0) is 31.3 Å². The van der Waals surface area contributed by atoms with Crippen LogP contribution in [0.15, 0.2) is 82.6 Å². The molecule has 34 heavy (non-hydrogen) atoms. The Morgan fingerprint density at radius 1 is 0.971 bits per heavy atom. The number of nitrogens with two attached hydrogens (primary N) is 1. The topological polar surface area (TPSA) is 145 Å². The lowest BCUT2D eigenvalue weighted by Crippen LogP contribution is -2.45. The highest BCUT2D eigenvalue weighted by Crippen LogP contribution is 2.25. The number of anilines is 1. The fourth-order valence-corrected chi connectivity index (χ4v) is 5.20. The van der Waals surface area contributed by atoms with Crippen molar-refractivity contribution in [3.8, 4) is 5.75 Å². The highest BCUT2D eigenvalue weighted by Gasteiger charge is 2.28. The second-order valence-electron chi connectivity index (χ2n) is 7.58. The van der Waals surface area contributed by atoms with Crippen molar-refractivity contribution >= 4 is 31.6 Å². The number of primary sulfonamides is 1. The second kappa shape index (κ2) is 10.3. The zero-order valence-electron chi connectivity index (χ0n) is 18.6. The van der Waals surface area contributed by atoms with Crippen molar-refractivity contribution in [1.82, 2.24) is 4.72 Å². The zero-order chi connectivity index (χ0) is 24.9. The SMILES string of the molecule is COc1ccc(C)cc1S(=O)(=O)N[C@@H](Cc1ccccc1)C(=O)Nc1ccc(S(N)(=O)=O)cc1. The number of amides is 1. The summed E-state index contributed by atoms with van der Waals surface area (Å²) < 4.78 is 57.0. The Morgan fingerprint density at radius 2 is 1.62 bits per heavy atom. The number of carbonyl (C=O) groups is 1. The van der Waals surface area contributed by atoms with Crippen LogP contribution in [0, 0.1) is 6.92 Å². The van der Waals surface area contributed by atoms with E-state index in [4.69, 9.17) is 9.88 Å². The molecule has 0 aliphatic heterocycles. The lowest BCUT2D eigenvalue weighted by molar-refractivity contribution is -0.117. The number of aryl methyl sites for hydroxylation is 1. The lowest BCUT2D eigenvalue weighted by atomic mass is 10.1. The van der Waals surface area contributed by atoms with Crippen molar-refractivity contribution in [2.24, 2.45) is 5.14 Å². The molecule has 0 radical (unpaired) electrons. The molecule has 1 atom stereocenters. The van der Waals surface area contributed by atoms with Gasteiger partial charge in [-0.1, -0.05) is 36.4 Å². The summed E-state index contributed by atoms with van der Waals surface area (Å²) in [4.78, 5) is 12.9. The van der Waals surface area contributed by atoms with Gasteiger partial charge in [-0.05, 0) is 60.9 Å². The smallest absolute Gasteiger partial charge is 0.245 e. The highest BCUT2D eigenvalue weighted by molar-refractivity contribution is 7.89. The first-order valence-electron chi connectivity index (χ1n) is 10.1. The molecule has 0 heterocycles. The fraction of sp³-hybridized carbons (Fsp3) is 0.174. The van der Waals surface area contributed by atoms with Gasteiger partial charge in [0.1, 0.15) is 16.7 Å². The molecule has 0 spiro atoms. The molecular formula is C23H25N3O6S2. The quantitative estimate of drug-likeness (QED) is 0.408. The molecule has 1 amide bonds. The van der Waals surface area contributed by atoms with Crippen LogP contribution >= 0.6 is 0 Å². The molecular weight excluding hydrogens is 478 g/mol. The molecule has 4 N–H and O–H groups in total. The number of rotatable bonds is 9. The number of sulfonamides is 2. The third kappa shape index (κ3) is 6.41. The van der Waals surface area contributed by atoms with Crippen LogP contribution in [0.2, 0.25) is 0 Å². The molecule has 0 saturated carbocycles.